The lowest BCUT2D eigenvalue weighted by atomic mass is 9.98. The third kappa shape index (κ3) is 4.71. The monoisotopic (exact) mass is 313 g/mol. The molecule has 5 heteroatoms. The quantitative estimate of drug-likeness (QED) is 0.798. The van der Waals surface area contributed by atoms with Crippen molar-refractivity contribution in [2.45, 2.75) is 58.3 Å². The van der Waals surface area contributed by atoms with Crippen LogP contribution in [0.5, 0.6) is 5.75 Å². The van der Waals surface area contributed by atoms with Crippen LogP contribution in [-0.4, -0.2) is 21.6 Å². The zero-order chi connectivity index (χ0) is 16.0. The van der Waals surface area contributed by atoms with Gasteiger partial charge in [-0.25, -0.2) is 13.1 Å². The van der Waals surface area contributed by atoms with E-state index in [2.05, 4.69) is 18.6 Å². The Bertz CT molecular complexity index is 565. The van der Waals surface area contributed by atoms with Gasteiger partial charge in [0.25, 0.3) is 0 Å². The van der Waals surface area contributed by atoms with Gasteiger partial charge in [-0.3, -0.25) is 0 Å². The van der Waals surface area contributed by atoms with Crippen molar-refractivity contribution in [2.75, 3.05) is 13.2 Å². The van der Waals surface area contributed by atoms with Gasteiger partial charge in [0.1, 0.15) is 10.6 Å². The molecule has 0 bridgehead atoms. The van der Waals surface area contributed by atoms with E-state index in [1.165, 1.54) is 0 Å². The van der Waals surface area contributed by atoms with E-state index in [9.17, 15) is 8.42 Å². The number of hydrogen-bond donors (Lipinski definition) is 1. The maximum atomic E-state index is 12.5. The predicted octanol–water partition coefficient (Wildman–Crippen LogP) is 3.60. The summed E-state index contributed by atoms with van der Waals surface area (Å²) < 4.78 is 33.2. The van der Waals surface area contributed by atoms with Gasteiger partial charge < -0.3 is 4.74 Å². The largest absolute Gasteiger partial charge is 0.492 e. The fourth-order valence-corrected chi connectivity index (χ4v) is 3.44. The van der Waals surface area contributed by atoms with E-state index in [-0.39, 0.29) is 10.8 Å². The summed E-state index contributed by atoms with van der Waals surface area (Å²) in [7, 11) is -3.53. The molecule has 0 spiro atoms. The molecule has 120 valence electrons. The Kier molecular flexibility index (Phi) is 6.68. The number of ether oxygens (including phenoxy) is 1. The Balaban J connectivity index is 3.33. The first-order valence-electron chi connectivity index (χ1n) is 7.60. The molecular formula is C16H27NO3S. The molecular weight excluding hydrogens is 286 g/mol. The Labute approximate surface area is 129 Å². The first-order chi connectivity index (χ1) is 9.83. The molecule has 0 aromatic heterocycles. The molecule has 1 N–H and O–H groups in total. The summed E-state index contributed by atoms with van der Waals surface area (Å²) in [5.74, 6) is 0.715. The molecule has 1 aromatic carbocycles. The molecule has 0 saturated heterocycles. The van der Waals surface area contributed by atoms with Crippen LogP contribution in [0.4, 0.5) is 0 Å². The van der Waals surface area contributed by atoms with Crippen molar-refractivity contribution in [3.63, 3.8) is 0 Å². The highest BCUT2D eigenvalue weighted by molar-refractivity contribution is 7.89. The van der Waals surface area contributed by atoms with Gasteiger partial charge in [0.2, 0.25) is 10.0 Å². The van der Waals surface area contributed by atoms with Crippen molar-refractivity contribution >= 4 is 10.0 Å². The number of hydrogen-bond acceptors (Lipinski definition) is 3. The van der Waals surface area contributed by atoms with Gasteiger partial charge in [-0.05, 0) is 48.9 Å². The molecule has 1 aromatic rings. The fourth-order valence-electron chi connectivity index (χ4n) is 2.15. The Morgan fingerprint density at radius 2 is 1.86 bits per heavy atom. The average Bonchev–Trinajstić information content (AvgIpc) is 2.42. The Morgan fingerprint density at radius 3 is 2.38 bits per heavy atom. The minimum absolute atomic E-state index is 0.249. The maximum absolute atomic E-state index is 12.5. The Morgan fingerprint density at radius 1 is 1.19 bits per heavy atom. The second-order valence-electron chi connectivity index (χ2n) is 5.56. The molecule has 0 aliphatic heterocycles. The summed E-state index contributed by atoms with van der Waals surface area (Å²) in [6, 6.07) is 3.59. The highest BCUT2D eigenvalue weighted by atomic mass is 32.2. The molecule has 21 heavy (non-hydrogen) atoms. The zero-order valence-corrected chi connectivity index (χ0v) is 14.5. The predicted molar refractivity (Wildman–Crippen MR) is 86.5 cm³/mol. The summed E-state index contributed by atoms with van der Waals surface area (Å²) in [6.45, 7) is 11.0. The standard InChI is InChI=1S/C16H27NO3S/c1-6-8-17-21(18,19)16-11-14(12(3)4)13(5)10-15(16)20-9-7-2/h10-12,17H,6-9H2,1-5H3. The smallest absolute Gasteiger partial charge is 0.244 e. The summed E-state index contributed by atoms with van der Waals surface area (Å²) >= 11 is 0. The van der Waals surface area contributed by atoms with Gasteiger partial charge in [0, 0.05) is 6.54 Å². The zero-order valence-electron chi connectivity index (χ0n) is 13.7. The van der Waals surface area contributed by atoms with Crippen LogP contribution in [0.15, 0.2) is 17.0 Å². The van der Waals surface area contributed by atoms with Crippen LogP contribution in [0.25, 0.3) is 0 Å². The van der Waals surface area contributed by atoms with Crippen LogP contribution >= 0.6 is 0 Å². The van der Waals surface area contributed by atoms with E-state index >= 15 is 0 Å². The lowest BCUT2D eigenvalue weighted by molar-refractivity contribution is 0.308. The first kappa shape index (κ1) is 18.0. The van der Waals surface area contributed by atoms with Gasteiger partial charge in [0.15, 0.2) is 0 Å². The van der Waals surface area contributed by atoms with Crippen LogP contribution in [0.3, 0.4) is 0 Å². The van der Waals surface area contributed by atoms with Crippen molar-refractivity contribution in [1.82, 2.24) is 4.72 Å². The van der Waals surface area contributed by atoms with Gasteiger partial charge >= 0.3 is 0 Å². The van der Waals surface area contributed by atoms with E-state index in [0.717, 1.165) is 24.0 Å². The fraction of sp³-hybridized carbons (Fsp3) is 0.625. The van der Waals surface area contributed by atoms with Crippen LogP contribution in [-0.2, 0) is 10.0 Å². The topological polar surface area (TPSA) is 55.4 Å². The average molecular weight is 313 g/mol. The second-order valence-corrected chi connectivity index (χ2v) is 7.29. The van der Waals surface area contributed by atoms with Gasteiger partial charge in [0.05, 0.1) is 6.61 Å². The number of sulfonamides is 1. The lowest BCUT2D eigenvalue weighted by Gasteiger charge is -2.17. The van der Waals surface area contributed by atoms with E-state index in [0.29, 0.717) is 18.9 Å². The minimum Gasteiger partial charge on any atom is -0.492 e. The summed E-state index contributed by atoms with van der Waals surface area (Å²) in [6.07, 6.45) is 1.60. The molecule has 0 aliphatic carbocycles. The minimum atomic E-state index is -3.53. The van der Waals surface area contributed by atoms with E-state index in [4.69, 9.17) is 4.74 Å². The third-order valence-corrected chi connectivity index (χ3v) is 4.73. The van der Waals surface area contributed by atoms with Gasteiger partial charge in [-0.2, -0.15) is 0 Å². The lowest BCUT2D eigenvalue weighted by Crippen LogP contribution is -2.25. The van der Waals surface area contributed by atoms with Crippen LogP contribution < -0.4 is 9.46 Å². The van der Waals surface area contributed by atoms with E-state index in [1.54, 1.807) is 6.07 Å². The van der Waals surface area contributed by atoms with E-state index in [1.807, 2.05) is 26.8 Å². The molecule has 0 fully saturated rings. The van der Waals surface area contributed by atoms with Crippen LogP contribution in [0, 0.1) is 6.92 Å². The molecule has 0 heterocycles. The van der Waals surface area contributed by atoms with Crippen molar-refractivity contribution in [2.24, 2.45) is 0 Å². The molecule has 0 aliphatic rings. The summed E-state index contributed by atoms with van der Waals surface area (Å²) in [5, 5.41) is 0. The van der Waals surface area contributed by atoms with Crippen molar-refractivity contribution < 1.29 is 13.2 Å². The van der Waals surface area contributed by atoms with Crippen LogP contribution in [0.2, 0.25) is 0 Å². The van der Waals surface area contributed by atoms with Crippen LogP contribution in [0.1, 0.15) is 57.6 Å². The molecule has 1 rings (SSSR count). The second kappa shape index (κ2) is 7.80. The number of aryl methyl sites for hydroxylation is 1. The number of rotatable bonds is 8. The highest BCUT2D eigenvalue weighted by Crippen LogP contribution is 2.31. The summed E-state index contributed by atoms with van der Waals surface area (Å²) in [5.41, 5.74) is 2.10. The van der Waals surface area contributed by atoms with Crippen molar-refractivity contribution in [3.05, 3.63) is 23.3 Å². The first-order valence-corrected chi connectivity index (χ1v) is 9.08. The van der Waals surface area contributed by atoms with Gasteiger partial charge in [-0.15, -0.1) is 0 Å². The normalized spacial score (nSPS) is 11.9. The number of benzene rings is 1. The van der Waals surface area contributed by atoms with E-state index < -0.39 is 10.0 Å². The van der Waals surface area contributed by atoms with Crippen molar-refractivity contribution in [3.8, 4) is 5.75 Å². The number of nitrogens with one attached hydrogen (secondary N) is 1. The molecule has 0 atom stereocenters. The molecule has 0 radical (unpaired) electrons. The molecule has 4 nitrogen and oxygen atoms in total. The Hall–Kier alpha value is -1.07. The molecule has 0 amide bonds. The third-order valence-electron chi connectivity index (χ3n) is 3.25. The van der Waals surface area contributed by atoms with Gasteiger partial charge in [-0.1, -0.05) is 27.7 Å². The van der Waals surface area contributed by atoms with Crippen molar-refractivity contribution in [1.29, 1.82) is 0 Å². The summed E-state index contributed by atoms with van der Waals surface area (Å²) in [4.78, 5) is 0.249. The molecule has 0 saturated carbocycles. The molecule has 0 unspecified atom stereocenters. The maximum Gasteiger partial charge on any atom is 0.244 e. The SMILES string of the molecule is CCCNS(=O)(=O)c1cc(C(C)C)c(C)cc1OCCC. The highest BCUT2D eigenvalue weighted by Gasteiger charge is 2.22.